The van der Waals surface area contributed by atoms with E-state index in [0.717, 1.165) is 24.0 Å². The van der Waals surface area contributed by atoms with E-state index < -0.39 is 30.0 Å². The third-order valence-electron chi connectivity index (χ3n) is 5.03. The van der Waals surface area contributed by atoms with Crippen LogP contribution in [0.3, 0.4) is 0 Å². The smallest absolute Gasteiger partial charge is 0.408 e. The van der Waals surface area contributed by atoms with Gasteiger partial charge in [0, 0.05) is 6.42 Å². The van der Waals surface area contributed by atoms with E-state index >= 15 is 0 Å². The van der Waals surface area contributed by atoms with E-state index in [1.165, 1.54) is 0 Å². The lowest BCUT2D eigenvalue weighted by Gasteiger charge is -2.22. The predicted molar refractivity (Wildman–Crippen MR) is 112 cm³/mol. The number of nitrogens with two attached hydrogens (primary N) is 1. The Kier molecular flexibility index (Phi) is 7.43. The van der Waals surface area contributed by atoms with Crippen molar-refractivity contribution in [2.24, 2.45) is 11.7 Å². The number of carbonyl (C=O) groups excluding carboxylic acids is 3. The summed E-state index contributed by atoms with van der Waals surface area (Å²) in [6.45, 7) is 0.0952. The summed E-state index contributed by atoms with van der Waals surface area (Å²) < 4.78 is 5.25. The first-order chi connectivity index (χ1) is 14.5. The number of alkyl carbamates (subject to hydrolysis) is 1. The predicted octanol–water partition coefficient (Wildman–Crippen LogP) is 2.29. The monoisotopic (exact) mass is 409 g/mol. The molecule has 1 saturated carbocycles. The standard InChI is InChI=1S/C23H27N3O4/c24-21(27)19(13-17-11-12-17)25-22(28)20(14-16-7-3-1-4-8-16)26-23(29)30-15-18-9-5-2-6-10-18/h1-10,17,19-20H,11-15H2,(H2,24,27)(H,25,28)(H,26,29)/t19-,20-/m0/s1. The van der Waals surface area contributed by atoms with Crippen LogP contribution in [0.2, 0.25) is 0 Å². The van der Waals surface area contributed by atoms with Gasteiger partial charge in [0.05, 0.1) is 0 Å². The van der Waals surface area contributed by atoms with Gasteiger partial charge in [-0.15, -0.1) is 0 Å². The van der Waals surface area contributed by atoms with Gasteiger partial charge in [-0.3, -0.25) is 9.59 Å². The maximum Gasteiger partial charge on any atom is 0.408 e. The SMILES string of the molecule is NC(=O)[C@H](CC1CC1)NC(=O)[C@H](Cc1ccccc1)NC(=O)OCc1ccccc1. The normalized spacial score (nSPS) is 14.9. The van der Waals surface area contributed by atoms with Gasteiger partial charge in [-0.1, -0.05) is 73.5 Å². The maximum atomic E-state index is 12.9. The van der Waals surface area contributed by atoms with E-state index in [4.69, 9.17) is 10.5 Å². The Morgan fingerprint density at radius 3 is 2.07 bits per heavy atom. The van der Waals surface area contributed by atoms with Crippen molar-refractivity contribution in [3.63, 3.8) is 0 Å². The second kappa shape index (κ2) is 10.4. The van der Waals surface area contributed by atoms with Crippen molar-refractivity contribution in [3.05, 3.63) is 71.8 Å². The Morgan fingerprint density at radius 1 is 0.900 bits per heavy atom. The molecule has 158 valence electrons. The van der Waals surface area contributed by atoms with Gasteiger partial charge in [0.1, 0.15) is 18.7 Å². The lowest BCUT2D eigenvalue weighted by molar-refractivity contribution is -0.128. The molecular formula is C23H27N3O4. The van der Waals surface area contributed by atoms with Gasteiger partial charge in [0.15, 0.2) is 0 Å². The van der Waals surface area contributed by atoms with Crippen LogP contribution in [0.15, 0.2) is 60.7 Å². The van der Waals surface area contributed by atoms with Crippen LogP contribution >= 0.6 is 0 Å². The number of benzene rings is 2. The summed E-state index contributed by atoms with van der Waals surface area (Å²) in [4.78, 5) is 37.0. The molecule has 0 radical (unpaired) electrons. The highest BCUT2D eigenvalue weighted by molar-refractivity contribution is 5.90. The molecule has 30 heavy (non-hydrogen) atoms. The molecular weight excluding hydrogens is 382 g/mol. The molecule has 0 heterocycles. The van der Waals surface area contributed by atoms with E-state index in [1.807, 2.05) is 60.7 Å². The van der Waals surface area contributed by atoms with E-state index in [9.17, 15) is 14.4 Å². The highest BCUT2D eigenvalue weighted by Gasteiger charge is 2.31. The first kappa shape index (κ1) is 21.4. The first-order valence-corrected chi connectivity index (χ1v) is 10.1. The van der Waals surface area contributed by atoms with Crippen LogP contribution in [0.5, 0.6) is 0 Å². The molecule has 0 spiro atoms. The molecule has 0 aromatic heterocycles. The third-order valence-corrected chi connectivity index (χ3v) is 5.03. The molecule has 7 nitrogen and oxygen atoms in total. The number of ether oxygens (including phenoxy) is 1. The largest absolute Gasteiger partial charge is 0.445 e. The Hall–Kier alpha value is -3.35. The van der Waals surface area contributed by atoms with Crippen molar-refractivity contribution in [3.8, 4) is 0 Å². The van der Waals surface area contributed by atoms with Crippen molar-refractivity contribution in [2.45, 2.75) is 44.4 Å². The van der Waals surface area contributed by atoms with E-state index in [0.29, 0.717) is 12.3 Å². The van der Waals surface area contributed by atoms with Crippen LogP contribution in [-0.2, 0) is 27.4 Å². The summed E-state index contributed by atoms with van der Waals surface area (Å²) in [5.41, 5.74) is 7.18. The number of nitrogens with one attached hydrogen (secondary N) is 2. The minimum Gasteiger partial charge on any atom is -0.445 e. The van der Waals surface area contributed by atoms with Crippen molar-refractivity contribution >= 4 is 17.9 Å². The minimum atomic E-state index is -0.892. The number of rotatable bonds is 10. The second-order valence-corrected chi connectivity index (χ2v) is 7.59. The number of hydrogen-bond acceptors (Lipinski definition) is 4. The lowest BCUT2D eigenvalue weighted by Crippen LogP contribution is -2.53. The number of hydrogen-bond donors (Lipinski definition) is 3. The maximum absolute atomic E-state index is 12.9. The number of amides is 3. The molecule has 0 saturated heterocycles. The molecule has 7 heteroatoms. The molecule has 0 bridgehead atoms. The first-order valence-electron chi connectivity index (χ1n) is 10.1. The molecule has 2 atom stereocenters. The van der Waals surface area contributed by atoms with Gasteiger partial charge in [-0.25, -0.2) is 4.79 Å². The third kappa shape index (κ3) is 6.92. The zero-order valence-corrected chi connectivity index (χ0v) is 16.8. The van der Waals surface area contributed by atoms with Gasteiger partial charge >= 0.3 is 6.09 Å². The average Bonchev–Trinajstić information content (AvgIpc) is 3.57. The van der Waals surface area contributed by atoms with E-state index in [1.54, 1.807) is 0 Å². The lowest BCUT2D eigenvalue weighted by atomic mass is 10.0. The molecule has 4 N–H and O–H groups in total. The van der Waals surface area contributed by atoms with Crippen molar-refractivity contribution < 1.29 is 19.1 Å². The topological polar surface area (TPSA) is 111 Å². The molecule has 3 rings (SSSR count). The molecule has 1 fully saturated rings. The Balaban J connectivity index is 1.63. The summed E-state index contributed by atoms with van der Waals surface area (Å²) >= 11 is 0. The fraction of sp³-hybridized carbons (Fsp3) is 0.348. The summed E-state index contributed by atoms with van der Waals surface area (Å²) in [6.07, 6.45) is 2.17. The Morgan fingerprint density at radius 2 is 1.50 bits per heavy atom. The van der Waals surface area contributed by atoms with E-state index in [-0.39, 0.29) is 13.0 Å². The highest BCUT2D eigenvalue weighted by Crippen LogP contribution is 2.33. The van der Waals surface area contributed by atoms with Crippen molar-refractivity contribution in [2.75, 3.05) is 0 Å². The second-order valence-electron chi connectivity index (χ2n) is 7.59. The van der Waals surface area contributed by atoms with Gasteiger partial charge in [-0.05, 0) is 23.5 Å². The van der Waals surface area contributed by atoms with Gasteiger partial charge < -0.3 is 21.1 Å². The fourth-order valence-electron chi connectivity index (χ4n) is 3.17. The number of primary amides is 1. The average molecular weight is 409 g/mol. The van der Waals surface area contributed by atoms with Crippen LogP contribution < -0.4 is 16.4 Å². The fourth-order valence-corrected chi connectivity index (χ4v) is 3.17. The Bertz CT molecular complexity index is 853. The van der Waals surface area contributed by atoms with Crippen LogP contribution in [0.4, 0.5) is 4.79 Å². The van der Waals surface area contributed by atoms with Crippen molar-refractivity contribution in [1.82, 2.24) is 10.6 Å². The molecule has 2 aromatic rings. The van der Waals surface area contributed by atoms with Crippen molar-refractivity contribution in [1.29, 1.82) is 0 Å². The zero-order chi connectivity index (χ0) is 21.3. The highest BCUT2D eigenvalue weighted by atomic mass is 16.5. The summed E-state index contributed by atoms with van der Waals surface area (Å²) in [5.74, 6) is -0.612. The Labute approximate surface area is 176 Å². The van der Waals surface area contributed by atoms with Crippen LogP contribution in [0.25, 0.3) is 0 Å². The minimum absolute atomic E-state index is 0.0952. The van der Waals surface area contributed by atoms with Gasteiger partial charge in [-0.2, -0.15) is 0 Å². The molecule has 1 aliphatic carbocycles. The van der Waals surface area contributed by atoms with Gasteiger partial charge in [0.25, 0.3) is 0 Å². The molecule has 1 aliphatic rings. The molecule has 3 amide bonds. The van der Waals surface area contributed by atoms with Crippen LogP contribution in [0, 0.1) is 5.92 Å². The summed E-state index contributed by atoms with van der Waals surface area (Å²) in [5, 5.41) is 5.33. The summed E-state index contributed by atoms with van der Waals surface area (Å²) in [7, 11) is 0. The zero-order valence-electron chi connectivity index (χ0n) is 16.8. The van der Waals surface area contributed by atoms with Crippen LogP contribution in [-0.4, -0.2) is 30.0 Å². The van der Waals surface area contributed by atoms with Crippen LogP contribution in [0.1, 0.15) is 30.4 Å². The molecule has 2 aromatic carbocycles. The number of carbonyl (C=O) groups is 3. The quantitative estimate of drug-likeness (QED) is 0.559. The summed E-state index contributed by atoms with van der Waals surface area (Å²) in [6, 6.07) is 17.0. The van der Waals surface area contributed by atoms with E-state index in [2.05, 4.69) is 10.6 Å². The molecule has 0 unspecified atom stereocenters. The van der Waals surface area contributed by atoms with Gasteiger partial charge in [0.2, 0.25) is 11.8 Å². The molecule has 0 aliphatic heterocycles.